The van der Waals surface area contributed by atoms with E-state index >= 15 is 0 Å². The van der Waals surface area contributed by atoms with Gasteiger partial charge in [-0.1, -0.05) is 60.7 Å². The third-order valence-corrected chi connectivity index (χ3v) is 5.46. The molecular weight excluding hydrogens is 452 g/mol. The van der Waals surface area contributed by atoms with E-state index in [1.54, 1.807) is 0 Å². The highest BCUT2D eigenvalue weighted by Crippen LogP contribution is 2.28. The van der Waals surface area contributed by atoms with Gasteiger partial charge in [-0.2, -0.15) is 0 Å². The van der Waals surface area contributed by atoms with Gasteiger partial charge in [-0.15, -0.1) is 0 Å². The van der Waals surface area contributed by atoms with Crippen molar-refractivity contribution in [3.8, 4) is 0 Å². The molecule has 188 valence electrons. The Hall–Kier alpha value is -3.99. The molecule has 2 rings (SSSR count). The molecule has 0 aliphatic heterocycles. The Morgan fingerprint density at radius 1 is 1.00 bits per heavy atom. The van der Waals surface area contributed by atoms with Crippen molar-refractivity contribution in [1.29, 1.82) is 0 Å². The first kappa shape index (κ1) is 27.3. The molecule has 0 radical (unpaired) electrons. The Labute approximate surface area is 203 Å². The number of hydrogen-bond donors (Lipinski definition) is 4. The first-order valence-electron chi connectivity index (χ1n) is 11.4. The van der Waals surface area contributed by atoms with Crippen molar-refractivity contribution < 1.29 is 19.7 Å². The second-order valence-corrected chi connectivity index (χ2v) is 7.93. The number of nitrogens with one attached hydrogen (secondary N) is 1. The highest BCUT2D eigenvalue weighted by molar-refractivity contribution is 5.92. The van der Waals surface area contributed by atoms with E-state index in [1.165, 1.54) is 4.90 Å². The van der Waals surface area contributed by atoms with E-state index < -0.39 is 22.9 Å². The number of benzene rings is 2. The number of hydrogen-bond acceptors (Lipinski definition) is 5. The highest BCUT2D eigenvalue weighted by Gasteiger charge is 2.33. The fourth-order valence-corrected chi connectivity index (χ4v) is 3.83. The predicted octanol–water partition coefficient (Wildman–Crippen LogP) is 1.15. The zero-order valence-corrected chi connectivity index (χ0v) is 19.5. The third-order valence-electron chi connectivity index (χ3n) is 5.46. The van der Waals surface area contributed by atoms with E-state index in [4.69, 9.17) is 11.5 Å². The van der Waals surface area contributed by atoms with Gasteiger partial charge in [0.1, 0.15) is 11.1 Å². The standard InChI is InChI=1S/C24H32N6O5/c25-22(32)20(14-9-15-27-24(26)28-30(34)35)29(16-7-8-17-31)23(33)21(18-10-3-1-4-11-18)19-12-5-2-6-13-19/h1-6,10-13,20-21,31H,7-9,14-17H2,(H2,25,32)(H3,26,27,28)/t20-/m1/s1. The van der Waals surface area contributed by atoms with Crippen LogP contribution in [-0.4, -0.2) is 58.6 Å². The summed E-state index contributed by atoms with van der Waals surface area (Å²) in [5.41, 5.74) is 12.7. The van der Waals surface area contributed by atoms with E-state index in [1.807, 2.05) is 60.7 Å². The Morgan fingerprint density at radius 2 is 1.57 bits per heavy atom. The normalized spacial score (nSPS) is 12.2. The van der Waals surface area contributed by atoms with Crippen molar-refractivity contribution in [3.63, 3.8) is 0 Å². The second-order valence-electron chi connectivity index (χ2n) is 7.93. The lowest BCUT2D eigenvalue weighted by molar-refractivity contribution is -0.485. The topological polar surface area (TPSA) is 177 Å². The molecule has 6 N–H and O–H groups in total. The van der Waals surface area contributed by atoms with Gasteiger partial charge >= 0.3 is 0 Å². The van der Waals surface area contributed by atoms with Crippen molar-refractivity contribution in [3.05, 3.63) is 81.9 Å². The number of rotatable bonds is 14. The van der Waals surface area contributed by atoms with E-state index in [-0.39, 0.29) is 38.0 Å². The lowest BCUT2D eigenvalue weighted by Crippen LogP contribution is -2.50. The summed E-state index contributed by atoms with van der Waals surface area (Å²) < 4.78 is 0. The number of unbranched alkanes of at least 4 members (excludes halogenated alkanes) is 1. The number of carbonyl (C=O) groups excluding carboxylic acids is 2. The summed E-state index contributed by atoms with van der Waals surface area (Å²) in [5, 5.41) is 24.3. The molecule has 11 nitrogen and oxygen atoms in total. The summed E-state index contributed by atoms with van der Waals surface area (Å²) in [4.78, 5) is 38.3. The molecule has 0 bridgehead atoms. The van der Waals surface area contributed by atoms with Crippen molar-refractivity contribution >= 4 is 17.8 Å². The molecule has 0 aliphatic rings. The number of aliphatic hydroxyl groups excluding tert-OH is 1. The molecule has 0 aliphatic carbocycles. The maximum Gasteiger partial charge on any atom is 0.266 e. The van der Waals surface area contributed by atoms with Crippen LogP contribution in [0.4, 0.5) is 0 Å². The molecule has 0 saturated carbocycles. The molecular formula is C24H32N6O5. The zero-order valence-electron chi connectivity index (χ0n) is 19.5. The number of aliphatic hydroxyl groups is 1. The summed E-state index contributed by atoms with van der Waals surface area (Å²) in [6.07, 6.45) is 1.52. The van der Waals surface area contributed by atoms with Gasteiger partial charge in [-0.3, -0.25) is 9.59 Å². The number of amides is 2. The van der Waals surface area contributed by atoms with E-state index in [0.29, 0.717) is 19.3 Å². The number of nitrogens with zero attached hydrogens (tertiary/aromatic N) is 3. The minimum absolute atomic E-state index is 0.0386. The minimum Gasteiger partial charge on any atom is -0.396 e. The fourth-order valence-electron chi connectivity index (χ4n) is 3.83. The highest BCUT2D eigenvalue weighted by atomic mass is 16.7. The van der Waals surface area contributed by atoms with Crippen molar-refractivity contribution in [1.82, 2.24) is 10.2 Å². The molecule has 0 fully saturated rings. The smallest absolute Gasteiger partial charge is 0.266 e. The molecule has 0 saturated heterocycles. The molecule has 11 heteroatoms. The number of nitrogens with two attached hydrogens (primary N) is 2. The molecule has 2 aromatic rings. The molecule has 0 spiro atoms. The van der Waals surface area contributed by atoms with Crippen molar-refractivity contribution in [2.45, 2.75) is 37.6 Å². The molecule has 1 atom stereocenters. The zero-order chi connectivity index (χ0) is 25.6. The largest absolute Gasteiger partial charge is 0.396 e. The van der Waals surface area contributed by atoms with E-state index in [2.05, 4.69) is 10.4 Å². The van der Waals surface area contributed by atoms with Gasteiger partial charge in [0.25, 0.3) is 5.96 Å². The summed E-state index contributed by atoms with van der Waals surface area (Å²) in [5.74, 6) is -1.93. The van der Waals surface area contributed by atoms with Crippen LogP contribution < -0.4 is 16.8 Å². The van der Waals surface area contributed by atoms with Crippen LogP contribution in [0.15, 0.2) is 65.8 Å². The summed E-state index contributed by atoms with van der Waals surface area (Å²) in [6, 6.07) is 17.7. The Morgan fingerprint density at radius 3 is 2.06 bits per heavy atom. The van der Waals surface area contributed by atoms with Gasteiger partial charge in [0.2, 0.25) is 11.8 Å². The second kappa shape index (κ2) is 14.3. The summed E-state index contributed by atoms with van der Waals surface area (Å²) in [6.45, 7) is 0.400. The fraction of sp³-hybridized carbons (Fsp3) is 0.375. The third kappa shape index (κ3) is 8.70. The van der Waals surface area contributed by atoms with Crippen LogP contribution in [-0.2, 0) is 9.59 Å². The van der Waals surface area contributed by atoms with Crippen LogP contribution in [0.1, 0.15) is 42.7 Å². The van der Waals surface area contributed by atoms with E-state index in [9.17, 15) is 24.8 Å². The molecule has 0 aromatic heterocycles. The Balaban J connectivity index is 2.30. The maximum absolute atomic E-state index is 14.0. The van der Waals surface area contributed by atoms with Crippen LogP contribution in [0.5, 0.6) is 0 Å². The predicted molar refractivity (Wildman–Crippen MR) is 132 cm³/mol. The first-order valence-corrected chi connectivity index (χ1v) is 11.4. The lowest BCUT2D eigenvalue weighted by atomic mass is 9.89. The monoisotopic (exact) mass is 484 g/mol. The number of guanidine groups is 1. The first-order chi connectivity index (χ1) is 16.8. The Kier molecular flexibility index (Phi) is 11.1. The molecule has 2 amide bonds. The van der Waals surface area contributed by atoms with E-state index in [0.717, 1.165) is 11.1 Å². The number of carbonyl (C=O) groups is 2. The lowest BCUT2D eigenvalue weighted by Gasteiger charge is -2.33. The van der Waals surface area contributed by atoms with Crippen LogP contribution in [0.3, 0.4) is 0 Å². The van der Waals surface area contributed by atoms with Crippen LogP contribution in [0, 0.1) is 10.1 Å². The number of nitro groups is 1. The quantitative estimate of drug-likeness (QED) is 0.102. The maximum atomic E-state index is 14.0. The molecule has 0 heterocycles. The van der Waals surface area contributed by atoms with Crippen LogP contribution >= 0.6 is 0 Å². The molecule has 0 unspecified atom stereocenters. The Bertz CT molecular complexity index is 947. The van der Waals surface area contributed by atoms with Gasteiger partial charge < -0.3 is 26.8 Å². The molecule has 2 aromatic carbocycles. The van der Waals surface area contributed by atoms with Crippen LogP contribution in [0.25, 0.3) is 0 Å². The van der Waals surface area contributed by atoms with Crippen molar-refractivity contribution in [2.75, 3.05) is 19.7 Å². The van der Waals surface area contributed by atoms with Gasteiger partial charge in [0, 0.05) is 19.7 Å². The van der Waals surface area contributed by atoms with Gasteiger partial charge in [-0.25, -0.2) is 10.1 Å². The summed E-state index contributed by atoms with van der Waals surface area (Å²) in [7, 11) is 0. The number of hydrazone groups is 1. The summed E-state index contributed by atoms with van der Waals surface area (Å²) >= 11 is 0. The SMILES string of the molecule is NC(=O)[C@@H](CCCNC(N)=N[N+](=O)[O-])N(CCCCO)C(=O)C(c1ccccc1)c1ccccc1. The van der Waals surface area contributed by atoms with Gasteiger partial charge in [0.05, 0.1) is 5.92 Å². The average molecular weight is 485 g/mol. The number of primary amides is 1. The molecule has 35 heavy (non-hydrogen) atoms. The van der Waals surface area contributed by atoms with Gasteiger partial charge in [-0.05, 0) is 36.8 Å². The van der Waals surface area contributed by atoms with Gasteiger partial charge in [0.15, 0.2) is 5.03 Å². The van der Waals surface area contributed by atoms with Crippen LogP contribution in [0.2, 0.25) is 0 Å². The average Bonchev–Trinajstić information content (AvgIpc) is 2.83. The minimum atomic E-state index is -0.913. The van der Waals surface area contributed by atoms with Crippen molar-refractivity contribution in [2.24, 2.45) is 16.6 Å².